The molecular weight excluding hydrogens is 276 g/mol. The van der Waals surface area contributed by atoms with Gasteiger partial charge in [-0.3, -0.25) is 9.59 Å². The molecule has 0 aliphatic carbocycles. The number of aliphatic hydroxyl groups excluding tert-OH is 1. The summed E-state index contributed by atoms with van der Waals surface area (Å²) in [5, 5.41) is 13.0. The largest absolute Gasteiger partial charge is 0.384 e. The first-order chi connectivity index (χ1) is 9.58. The molecule has 0 radical (unpaired) electrons. The molecule has 2 amide bonds. The van der Waals surface area contributed by atoms with Crippen LogP contribution in [-0.2, 0) is 4.79 Å². The maximum atomic E-state index is 12.1. The molecule has 1 heterocycles. The summed E-state index contributed by atoms with van der Waals surface area (Å²) in [5.74, 6) is 4.89. The van der Waals surface area contributed by atoms with Gasteiger partial charge < -0.3 is 15.3 Å². The molecule has 0 aliphatic rings. The van der Waals surface area contributed by atoms with Crippen LogP contribution in [0.3, 0.4) is 0 Å². The number of amides is 2. The van der Waals surface area contributed by atoms with Gasteiger partial charge in [0.05, 0.1) is 17.0 Å². The third-order valence-corrected chi connectivity index (χ3v) is 3.28. The van der Waals surface area contributed by atoms with E-state index < -0.39 is 0 Å². The van der Waals surface area contributed by atoms with Crippen molar-refractivity contribution in [2.45, 2.75) is 13.3 Å². The molecular formula is C14H18N2O3S. The molecule has 1 aromatic heterocycles. The molecule has 0 fully saturated rings. The van der Waals surface area contributed by atoms with Crippen LogP contribution in [0.2, 0.25) is 0 Å². The highest BCUT2D eigenvalue weighted by Gasteiger charge is 2.15. The monoisotopic (exact) mass is 294 g/mol. The maximum Gasteiger partial charge on any atom is 0.254 e. The molecule has 0 spiro atoms. The van der Waals surface area contributed by atoms with Crippen molar-refractivity contribution < 1.29 is 14.7 Å². The third kappa shape index (κ3) is 5.03. The highest BCUT2D eigenvalue weighted by Crippen LogP contribution is 2.15. The minimum Gasteiger partial charge on any atom is -0.384 e. The molecule has 0 atom stereocenters. The Hall–Kier alpha value is -1.84. The number of aliphatic hydroxyl groups is 1. The zero-order chi connectivity index (χ0) is 15.0. The molecule has 5 nitrogen and oxygen atoms in total. The van der Waals surface area contributed by atoms with E-state index in [1.54, 1.807) is 18.5 Å². The average Bonchev–Trinajstić information content (AvgIpc) is 2.90. The van der Waals surface area contributed by atoms with Gasteiger partial charge in [0.1, 0.15) is 6.61 Å². The summed E-state index contributed by atoms with van der Waals surface area (Å²) in [6.07, 6.45) is 0.862. The average molecular weight is 294 g/mol. The molecule has 2 N–H and O–H groups in total. The Kier molecular flexibility index (Phi) is 6.77. The van der Waals surface area contributed by atoms with E-state index in [9.17, 15) is 9.59 Å². The summed E-state index contributed by atoms with van der Waals surface area (Å²) in [6, 6.07) is 1.66. The summed E-state index contributed by atoms with van der Waals surface area (Å²) in [7, 11) is 1.59. The Morgan fingerprint density at radius 1 is 1.50 bits per heavy atom. The first-order valence-corrected chi connectivity index (χ1v) is 7.16. The van der Waals surface area contributed by atoms with Crippen molar-refractivity contribution >= 4 is 23.2 Å². The minimum absolute atomic E-state index is 0.0341. The Balaban J connectivity index is 2.60. The van der Waals surface area contributed by atoms with Crippen LogP contribution < -0.4 is 5.32 Å². The van der Waals surface area contributed by atoms with Crippen LogP contribution in [0.15, 0.2) is 11.4 Å². The molecule has 6 heteroatoms. The van der Waals surface area contributed by atoms with Crippen molar-refractivity contribution in [1.29, 1.82) is 0 Å². The predicted molar refractivity (Wildman–Crippen MR) is 78.5 cm³/mol. The lowest BCUT2D eigenvalue weighted by atomic mass is 10.2. The van der Waals surface area contributed by atoms with E-state index in [2.05, 4.69) is 17.2 Å². The highest BCUT2D eigenvalue weighted by atomic mass is 32.1. The van der Waals surface area contributed by atoms with Crippen molar-refractivity contribution in [2.24, 2.45) is 0 Å². The van der Waals surface area contributed by atoms with Gasteiger partial charge in [-0.15, -0.1) is 11.3 Å². The number of carbonyl (C=O) groups excluding carboxylic acids is 2. The molecule has 0 bridgehead atoms. The summed E-state index contributed by atoms with van der Waals surface area (Å²) >= 11 is 1.34. The Morgan fingerprint density at radius 2 is 2.25 bits per heavy atom. The van der Waals surface area contributed by atoms with E-state index in [0.717, 1.165) is 6.42 Å². The van der Waals surface area contributed by atoms with Gasteiger partial charge in [-0.1, -0.05) is 18.8 Å². The number of hydrogen-bond donors (Lipinski definition) is 2. The Morgan fingerprint density at radius 3 is 2.90 bits per heavy atom. The van der Waals surface area contributed by atoms with Gasteiger partial charge in [-0.25, -0.2) is 0 Å². The summed E-state index contributed by atoms with van der Waals surface area (Å²) in [6.45, 7) is 2.40. The van der Waals surface area contributed by atoms with Gasteiger partial charge in [0, 0.05) is 19.0 Å². The molecule has 0 aromatic carbocycles. The molecule has 1 aromatic rings. The van der Waals surface area contributed by atoms with E-state index in [0.29, 0.717) is 17.0 Å². The van der Waals surface area contributed by atoms with Crippen LogP contribution in [0.5, 0.6) is 0 Å². The van der Waals surface area contributed by atoms with Crippen molar-refractivity contribution in [3.05, 3.63) is 21.9 Å². The van der Waals surface area contributed by atoms with Gasteiger partial charge in [-0.05, 0) is 12.5 Å². The molecule has 1 rings (SSSR count). The fraction of sp³-hybridized carbons (Fsp3) is 0.429. The first kappa shape index (κ1) is 16.2. The van der Waals surface area contributed by atoms with Gasteiger partial charge in [0.2, 0.25) is 5.91 Å². The van der Waals surface area contributed by atoms with E-state index in [1.807, 2.05) is 6.92 Å². The lowest BCUT2D eigenvalue weighted by Gasteiger charge is -2.15. The molecule has 20 heavy (non-hydrogen) atoms. The second-order valence-corrected chi connectivity index (χ2v) is 5.08. The summed E-state index contributed by atoms with van der Waals surface area (Å²) < 4.78 is 0. The van der Waals surface area contributed by atoms with Crippen molar-refractivity contribution in [3.8, 4) is 11.8 Å². The van der Waals surface area contributed by atoms with Crippen LogP contribution in [0, 0.1) is 11.8 Å². The van der Waals surface area contributed by atoms with Crippen molar-refractivity contribution in [2.75, 3.05) is 26.7 Å². The standard InChI is InChI=1S/C14H18N2O3S/c1-3-6-15-13(18)9-16(2)14(19)11-8-12(20-10-11)5-4-7-17/h8,10,17H,3,6-7,9H2,1-2H3,(H,15,18). The molecule has 108 valence electrons. The molecule has 0 saturated heterocycles. The predicted octanol–water partition coefficient (Wildman–Crippen LogP) is 0.690. The number of thiophene rings is 1. The Bertz CT molecular complexity index is 528. The van der Waals surface area contributed by atoms with Gasteiger partial charge in [0.15, 0.2) is 0 Å². The number of likely N-dealkylation sites (N-methyl/N-ethyl adjacent to an activating group) is 1. The van der Waals surface area contributed by atoms with Crippen LogP contribution in [-0.4, -0.2) is 48.6 Å². The number of carbonyl (C=O) groups is 2. The van der Waals surface area contributed by atoms with Crippen molar-refractivity contribution in [1.82, 2.24) is 10.2 Å². The van der Waals surface area contributed by atoms with E-state index >= 15 is 0 Å². The summed E-state index contributed by atoms with van der Waals surface area (Å²) in [5.41, 5.74) is 0.503. The van der Waals surface area contributed by atoms with Crippen LogP contribution in [0.25, 0.3) is 0 Å². The topological polar surface area (TPSA) is 69.6 Å². The van der Waals surface area contributed by atoms with Crippen LogP contribution in [0.1, 0.15) is 28.6 Å². The fourth-order valence-electron chi connectivity index (χ4n) is 1.47. The fourth-order valence-corrected chi connectivity index (χ4v) is 2.22. The normalized spacial score (nSPS) is 9.55. The molecule has 0 saturated carbocycles. The van der Waals surface area contributed by atoms with E-state index in [-0.39, 0.29) is 25.0 Å². The zero-order valence-electron chi connectivity index (χ0n) is 11.6. The Labute approximate surface area is 122 Å². The number of nitrogens with zero attached hydrogens (tertiary/aromatic N) is 1. The number of rotatable bonds is 5. The quantitative estimate of drug-likeness (QED) is 0.785. The highest BCUT2D eigenvalue weighted by molar-refractivity contribution is 7.10. The van der Waals surface area contributed by atoms with E-state index in [4.69, 9.17) is 5.11 Å². The van der Waals surface area contributed by atoms with Gasteiger partial charge in [-0.2, -0.15) is 0 Å². The first-order valence-electron chi connectivity index (χ1n) is 6.29. The van der Waals surface area contributed by atoms with E-state index in [1.165, 1.54) is 16.2 Å². The minimum atomic E-state index is -0.218. The van der Waals surface area contributed by atoms with Gasteiger partial charge in [0.25, 0.3) is 5.91 Å². The van der Waals surface area contributed by atoms with Crippen molar-refractivity contribution in [3.63, 3.8) is 0 Å². The van der Waals surface area contributed by atoms with Gasteiger partial charge >= 0.3 is 0 Å². The SMILES string of the molecule is CCCNC(=O)CN(C)C(=O)c1csc(C#CCO)c1. The second kappa shape index (κ2) is 8.35. The number of hydrogen-bond acceptors (Lipinski definition) is 4. The lowest BCUT2D eigenvalue weighted by molar-refractivity contribution is -0.121. The lowest BCUT2D eigenvalue weighted by Crippen LogP contribution is -2.38. The molecule has 0 aliphatic heterocycles. The zero-order valence-corrected chi connectivity index (χ0v) is 12.4. The second-order valence-electron chi connectivity index (χ2n) is 4.17. The smallest absolute Gasteiger partial charge is 0.254 e. The van der Waals surface area contributed by atoms with Crippen LogP contribution in [0.4, 0.5) is 0 Å². The summed E-state index contributed by atoms with van der Waals surface area (Å²) in [4.78, 5) is 25.7. The van der Waals surface area contributed by atoms with Crippen LogP contribution >= 0.6 is 11.3 Å². The maximum absolute atomic E-state index is 12.1. The third-order valence-electron chi connectivity index (χ3n) is 2.44. The number of nitrogens with one attached hydrogen (secondary N) is 1. The molecule has 0 unspecified atom stereocenters.